The van der Waals surface area contributed by atoms with Gasteiger partial charge in [0.15, 0.2) is 14.8 Å². The molecule has 0 aliphatic heterocycles. The predicted molar refractivity (Wildman–Crippen MR) is 125 cm³/mol. The number of methoxy groups -OCH3 is 2. The summed E-state index contributed by atoms with van der Waals surface area (Å²) in [5.41, 5.74) is 2.85. The molecule has 4 aromatic rings. The van der Waals surface area contributed by atoms with Crippen LogP contribution < -0.4 is 15.0 Å². The van der Waals surface area contributed by atoms with Crippen LogP contribution in [0.15, 0.2) is 52.4 Å². The Morgan fingerprint density at radius 1 is 1.07 bits per heavy atom. The molecule has 0 fully saturated rings. The standard InChI is InChI=1S/C21H19N3O3S3/c1-12-7-5-6-8-14(12)24-19(25)17-18(22-20(24)29-4)23(21(28)30-17)15-11-13(26-2)9-10-16(15)27-3/h5-11H,1-4H3. The highest BCUT2D eigenvalue weighted by molar-refractivity contribution is 7.98. The molecule has 0 spiro atoms. The maximum absolute atomic E-state index is 13.5. The number of hydrogen-bond acceptors (Lipinski definition) is 7. The van der Waals surface area contributed by atoms with Crippen molar-refractivity contribution in [3.05, 3.63) is 62.3 Å². The first kappa shape index (κ1) is 20.6. The molecular weight excluding hydrogens is 438 g/mol. The Morgan fingerprint density at radius 2 is 1.83 bits per heavy atom. The van der Waals surface area contributed by atoms with Crippen molar-refractivity contribution in [2.45, 2.75) is 12.1 Å². The fraction of sp³-hybridized carbons (Fsp3) is 0.190. The van der Waals surface area contributed by atoms with Crippen LogP contribution in [0.25, 0.3) is 21.7 Å². The molecule has 0 aliphatic carbocycles. The lowest BCUT2D eigenvalue weighted by molar-refractivity contribution is 0.401. The van der Waals surface area contributed by atoms with Crippen LogP contribution in [0.3, 0.4) is 0 Å². The van der Waals surface area contributed by atoms with Crippen molar-refractivity contribution in [1.29, 1.82) is 0 Å². The summed E-state index contributed by atoms with van der Waals surface area (Å²) < 4.78 is 15.3. The zero-order valence-corrected chi connectivity index (χ0v) is 19.3. The van der Waals surface area contributed by atoms with Crippen molar-refractivity contribution in [3.63, 3.8) is 0 Å². The van der Waals surface area contributed by atoms with E-state index in [0.717, 1.165) is 11.3 Å². The van der Waals surface area contributed by atoms with E-state index in [9.17, 15) is 4.79 Å². The highest BCUT2D eigenvalue weighted by atomic mass is 32.2. The van der Waals surface area contributed by atoms with Crippen molar-refractivity contribution in [1.82, 2.24) is 14.1 Å². The van der Waals surface area contributed by atoms with Gasteiger partial charge < -0.3 is 9.47 Å². The summed E-state index contributed by atoms with van der Waals surface area (Å²) in [5.74, 6) is 1.27. The van der Waals surface area contributed by atoms with E-state index < -0.39 is 0 Å². The lowest BCUT2D eigenvalue weighted by Crippen LogP contribution is -2.22. The topological polar surface area (TPSA) is 58.3 Å². The number of hydrogen-bond donors (Lipinski definition) is 0. The smallest absolute Gasteiger partial charge is 0.278 e. The van der Waals surface area contributed by atoms with Crippen LogP contribution in [0.1, 0.15) is 5.56 Å². The van der Waals surface area contributed by atoms with E-state index in [1.165, 1.54) is 23.1 Å². The minimum Gasteiger partial charge on any atom is -0.497 e. The Hall–Kier alpha value is -2.62. The molecule has 2 aromatic carbocycles. The van der Waals surface area contributed by atoms with Crippen molar-refractivity contribution >= 4 is 45.7 Å². The SMILES string of the molecule is COc1ccc(OC)c(-n2c(=S)sc3c(=O)n(-c4ccccc4C)c(SC)nc32)c1. The number of para-hydroxylation sites is 1. The molecule has 0 radical (unpaired) electrons. The van der Waals surface area contributed by atoms with Gasteiger partial charge in [0.2, 0.25) is 0 Å². The van der Waals surface area contributed by atoms with E-state index in [-0.39, 0.29) is 5.56 Å². The van der Waals surface area contributed by atoms with E-state index >= 15 is 0 Å². The van der Waals surface area contributed by atoms with Gasteiger partial charge >= 0.3 is 0 Å². The van der Waals surface area contributed by atoms with E-state index in [1.54, 1.807) is 23.4 Å². The number of benzene rings is 2. The number of nitrogens with zero attached hydrogens (tertiary/aromatic N) is 3. The normalized spacial score (nSPS) is 11.1. The molecule has 6 nitrogen and oxygen atoms in total. The van der Waals surface area contributed by atoms with Crippen LogP contribution >= 0.6 is 35.3 Å². The molecule has 2 aromatic heterocycles. The van der Waals surface area contributed by atoms with Gasteiger partial charge in [-0.05, 0) is 49.2 Å². The molecule has 9 heteroatoms. The summed E-state index contributed by atoms with van der Waals surface area (Å²) in [6.07, 6.45) is 1.90. The molecule has 30 heavy (non-hydrogen) atoms. The highest BCUT2D eigenvalue weighted by Gasteiger charge is 2.21. The third-order valence-electron chi connectivity index (χ3n) is 4.74. The summed E-state index contributed by atoms with van der Waals surface area (Å²) in [7, 11) is 3.19. The van der Waals surface area contributed by atoms with E-state index in [1.807, 2.05) is 55.6 Å². The first-order valence-corrected chi connectivity index (χ1v) is 11.5. The lowest BCUT2D eigenvalue weighted by atomic mass is 10.2. The maximum Gasteiger partial charge on any atom is 0.278 e. The van der Waals surface area contributed by atoms with Crippen molar-refractivity contribution < 1.29 is 9.47 Å². The van der Waals surface area contributed by atoms with Gasteiger partial charge in [-0.25, -0.2) is 4.98 Å². The van der Waals surface area contributed by atoms with E-state index in [0.29, 0.717) is 36.6 Å². The summed E-state index contributed by atoms with van der Waals surface area (Å²) in [5, 5.41) is 0.588. The fourth-order valence-electron chi connectivity index (χ4n) is 3.28. The van der Waals surface area contributed by atoms with Gasteiger partial charge in [-0.2, -0.15) is 0 Å². The predicted octanol–water partition coefficient (Wildman–Crippen LogP) is 5.01. The number of thiazole rings is 1. The zero-order chi connectivity index (χ0) is 21.4. The number of ether oxygens (including phenoxy) is 2. The maximum atomic E-state index is 13.5. The molecule has 0 atom stereocenters. The Kier molecular flexibility index (Phi) is 5.68. The second-order valence-corrected chi connectivity index (χ2v) is 8.84. The summed E-state index contributed by atoms with van der Waals surface area (Å²) >= 11 is 8.29. The largest absolute Gasteiger partial charge is 0.497 e. The van der Waals surface area contributed by atoms with Gasteiger partial charge in [-0.3, -0.25) is 13.9 Å². The fourth-order valence-corrected chi connectivity index (χ4v) is 5.12. The van der Waals surface area contributed by atoms with Crippen LogP contribution in [0, 0.1) is 10.9 Å². The molecule has 4 rings (SSSR count). The molecule has 0 amide bonds. The van der Waals surface area contributed by atoms with Crippen LogP contribution in [0.5, 0.6) is 11.5 Å². The van der Waals surface area contributed by atoms with Gasteiger partial charge in [0.1, 0.15) is 16.2 Å². The Labute approximate surface area is 186 Å². The average molecular weight is 458 g/mol. The number of rotatable bonds is 5. The van der Waals surface area contributed by atoms with Crippen molar-refractivity contribution in [2.24, 2.45) is 0 Å². The first-order valence-electron chi connectivity index (χ1n) is 9.01. The van der Waals surface area contributed by atoms with E-state index in [4.69, 9.17) is 26.7 Å². The minimum absolute atomic E-state index is 0.143. The summed E-state index contributed by atoms with van der Waals surface area (Å²) in [6.45, 7) is 1.98. The van der Waals surface area contributed by atoms with Crippen LogP contribution in [0.4, 0.5) is 0 Å². The third kappa shape index (κ3) is 3.32. The van der Waals surface area contributed by atoms with Crippen LogP contribution in [0.2, 0.25) is 0 Å². The van der Waals surface area contributed by atoms with Gasteiger partial charge in [0.25, 0.3) is 5.56 Å². The summed E-state index contributed by atoms with van der Waals surface area (Å²) in [4.78, 5) is 18.4. The van der Waals surface area contributed by atoms with Crippen molar-refractivity contribution in [3.8, 4) is 22.9 Å². The first-order chi connectivity index (χ1) is 14.5. The molecular formula is C21H19N3O3S3. The number of thioether (sulfide) groups is 1. The molecule has 0 saturated carbocycles. The average Bonchev–Trinajstić information content (AvgIpc) is 3.09. The Morgan fingerprint density at radius 3 is 2.50 bits per heavy atom. The molecule has 154 valence electrons. The number of aromatic nitrogens is 3. The highest BCUT2D eigenvalue weighted by Crippen LogP contribution is 2.33. The quantitative estimate of drug-likeness (QED) is 0.238. The van der Waals surface area contributed by atoms with Gasteiger partial charge in [-0.1, -0.05) is 41.3 Å². The molecule has 0 bridgehead atoms. The number of aryl methyl sites for hydroxylation is 1. The van der Waals surface area contributed by atoms with Crippen LogP contribution in [-0.2, 0) is 0 Å². The minimum atomic E-state index is -0.143. The van der Waals surface area contributed by atoms with Gasteiger partial charge in [-0.15, -0.1) is 0 Å². The molecule has 2 heterocycles. The second kappa shape index (κ2) is 8.25. The van der Waals surface area contributed by atoms with Crippen LogP contribution in [-0.4, -0.2) is 34.6 Å². The Bertz CT molecular complexity index is 1370. The zero-order valence-electron chi connectivity index (χ0n) is 16.8. The molecule has 0 saturated heterocycles. The molecule has 0 aliphatic rings. The second-order valence-electron chi connectivity index (χ2n) is 6.42. The Balaban J connectivity index is 2.09. The summed E-state index contributed by atoms with van der Waals surface area (Å²) in [6, 6.07) is 13.2. The van der Waals surface area contributed by atoms with Crippen molar-refractivity contribution in [2.75, 3.05) is 20.5 Å². The molecule has 0 unspecified atom stereocenters. The van der Waals surface area contributed by atoms with Gasteiger partial charge in [0, 0.05) is 6.07 Å². The van der Waals surface area contributed by atoms with Gasteiger partial charge in [0.05, 0.1) is 25.6 Å². The lowest BCUT2D eigenvalue weighted by Gasteiger charge is -2.14. The third-order valence-corrected chi connectivity index (χ3v) is 6.73. The van der Waals surface area contributed by atoms with E-state index in [2.05, 4.69) is 0 Å². The number of fused-ring (bicyclic) bond motifs is 1. The monoisotopic (exact) mass is 457 g/mol. The molecule has 0 N–H and O–H groups in total.